The molecule has 1 aromatic heterocycles. The largest absolute Gasteiger partial charge is 0.478 e. The molecule has 5 heteroatoms. The Morgan fingerprint density at radius 2 is 2.12 bits per heavy atom. The van der Waals surface area contributed by atoms with E-state index in [9.17, 15) is 4.79 Å². The Labute approximate surface area is 107 Å². The van der Waals surface area contributed by atoms with Crippen LogP contribution in [0.15, 0.2) is 28.9 Å². The molecule has 2 rings (SSSR count). The van der Waals surface area contributed by atoms with E-state index < -0.39 is 5.97 Å². The average molecular weight is 295 g/mol. The van der Waals surface area contributed by atoms with E-state index in [4.69, 9.17) is 5.11 Å². The number of nitrogens with zero attached hydrogens (tertiary/aromatic N) is 2. The molecule has 0 atom stereocenters. The quantitative estimate of drug-likeness (QED) is 0.926. The number of carbonyl (C=O) groups is 1. The van der Waals surface area contributed by atoms with Crippen LogP contribution >= 0.6 is 15.9 Å². The fourth-order valence-corrected chi connectivity index (χ4v) is 1.82. The zero-order valence-corrected chi connectivity index (χ0v) is 11.0. The van der Waals surface area contributed by atoms with E-state index in [2.05, 4.69) is 21.0 Å². The van der Waals surface area contributed by atoms with Gasteiger partial charge in [-0.15, -0.1) is 0 Å². The van der Waals surface area contributed by atoms with Crippen molar-refractivity contribution < 1.29 is 9.90 Å². The molecule has 0 unspecified atom stereocenters. The van der Waals surface area contributed by atoms with Gasteiger partial charge >= 0.3 is 5.97 Å². The van der Waals surface area contributed by atoms with Crippen molar-refractivity contribution in [1.82, 2.24) is 9.78 Å². The van der Waals surface area contributed by atoms with Crippen LogP contribution in [-0.2, 0) is 0 Å². The Morgan fingerprint density at radius 3 is 2.65 bits per heavy atom. The van der Waals surface area contributed by atoms with Crippen LogP contribution in [0.2, 0.25) is 0 Å². The fourth-order valence-electron chi connectivity index (χ4n) is 1.57. The van der Waals surface area contributed by atoms with Crippen molar-refractivity contribution in [2.24, 2.45) is 0 Å². The van der Waals surface area contributed by atoms with Crippen molar-refractivity contribution >= 4 is 21.9 Å². The minimum absolute atomic E-state index is 0.227. The van der Waals surface area contributed by atoms with Crippen LogP contribution in [0.25, 0.3) is 5.69 Å². The number of rotatable bonds is 2. The average Bonchev–Trinajstić information content (AvgIpc) is 2.64. The molecule has 1 heterocycles. The van der Waals surface area contributed by atoms with Crippen molar-refractivity contribution in [2.45, 2.75) is 13.8 Å². The topological polar surface area (TPSA) is 55.1 Å². The summed E-state index contributed by atoms with van der Waals surface area (Å²) < 4.78 is 2.60. The number of hydrogen-bond acceptors (Lipinski definition) is 2. The van der Waals surface area contributed by atoms with Crippen molar-refractivity contribution in [1.29, 1.82) is 0 Å². The lowest BCUT2D eigenvalue weighted by molar-refractivity contribution is 0.0696. The van der Waals surface area contributed by atoms with Crippen LogP contribution < -0.4 is 0 Å². The lowest BCUT2D eigenvalue weighted by Crippen LogP contribution is -1.96. The minimum Gasteiger partial charge on any atom is -0.478 e. The normalized spacial score (nSPS) is 10.5. The van der Waals surface area contributed by atoms with Crippen LogP contribution in [0.4, 0.5) is 0 Å². The molecule has 4 nitrogen and oxygen atoms in total. The maximum Gasteiger partial charge on any atom is 0.339 e. The highest BCUT2D eigenvalue weighted by Crippen LogP contribution is 2.20. The summed E-state index contributed by atoms with van der Waals surface area (Å²) in [4.78, 5) is 10.9. The minimum atomic E-state index is -0.956. The molecule has 0 aliphatic rings. The Balaban J connectivity index is 2.50. The van der Waals surface area contributed by atoms with E-state index in [-0.39, 0.29) is 5.56 Å². The molecule has 0 bridgehead atoms. The molecule has 0 saturated carbocycles. The van der Waals surface area contributed by atoms with Crippen molar-refractivity contribution in [2.75, 3.05) is 0 Å². The van der Waals surface area contributed by atoms with E-state index in [1.54, 1.807) is 11.6 Å². The first-order chi connectivity index (χ1) is 7.99. The highest BCUT2D eigenvalue weighted by Gasteiger charge is 2.12. The summed E-state index contributed by atoms with van der Waals surface area (Å²) in [5.74, 6) is -0.956. The number of aromatic carboxylic acids is 1. The van der Waals surface area contributed by atoms with E-state index in [1.165, 1.54) is 6.20 Å². The molecule has 2 aromatic rings. The van der Waals surface area contributed by atoms with Gasteiger partial charge in [0.25, 0.3) is 0 Å². The monoisotopic (exact) mass is 294 g/mol. The molecule has 0 radical (unpaired) electrons. The Bertz CT molecular complexity index is 590. The second-order valence-electron chi connectivity index (χ2n) is 3.81. The molecule has 17 heavy (non-hydrogen) atoms. The second kappa shape index (κ2) is 4.33. The van der Waals surface area contributed by atoms with Gasteiger partial charge in [-0.2, -0.15) is 5.10 Å². The van der Waals surface area contributed by atoms with Gasteiger partial charge in [0.15, 0.2) is 0 Å². The molecule has 0 aliphatic heterocycles. The number of aromatic nitrogens is 2. The maximum atomic E-state index is 10.9. The molecule has 88 valence electrons. The number of carboxylic acid groups (broad SMARTS) is 1. The van der Waals surface area contributed by atoms with E-state index >= 15 is 0 Å². The highest BCUT2D eigenvalue weighted by molar-refractivity contribution is 9.10. The summed E-state index contributed by atoms with van der Waals surface area (Å²) in [6, 6.07) is 5.75. The summed E-state index contributed by atoms with van der Waals surface area (Å²) in [5.41, 5.74) is 2.66. The van der Waals surface area contributed by atoms with Gasteiger partial charge in [0, 0.05) is 10.7 Å². The van der Waals surface area contributed by atoms with Crippen LogP contribution in [0.1, 0.15) is 21.6 Å². The number of aryl methyl sites for hydroxylation is 2. The Hall–Kier alpha value is -1.62. The molecule has 0 fully saturated rings. The summed E-state index contributed by atoms with van der Waals surface area (Å²) >= 11 is 3.42. The zero-order chi connectivity index (χ0) is 12.6. The van der Waals surface area contributed by atoms with Gasteiger partial charge in [-0.25, -0.2) is 9.48 Å². The van der Waals surface area contributed by atoms with Crippen LogP contribution in [-0.4, -0.2) is 20.9 Å². The molecular formula is C12H11BrN2O2. The first-order valence-corrected chi connectivity index (χ1v) is 5.84. The molecule has 1 N–H and O–H groups in total. The smallest absolute Gasteiger partial charge is 0.339 e. The predicted molar refractivity (Wildman–Crippen MR) is 67.7 cm³/mol. The third-order valence-corrected chi connectivity index (χ3v) is 3.43. The molecule has 1 aromatic carbocycles. The fraction of sp³-hybridized carbons (Fsp3) is 0.167. The number of halogens is 1. The first-order valence-electron chi connectivity index (χ1n) is 5.05. The SMILES string of the molecule is Cc1cc(-n2cc(C(=O)O)c(C)n2)ccc1Br. The summed E-state index contributed by atoms with van der Waals surface area (Å²) in [7, 11) is 0. The highest BCUT2D eigenvalue weighted by atomic mass is 79.9. The van der Waals surface area contributed by atoms with Gasteiger partial charge in [-0.1, -0.05) is 15.9 Å². The standard InChI is InChI=1S/C12H11BrN2O2/c1-7-5-9(3-4-11(7)13)15-6-10(12(16)17)8(2)14-15/h3-6H,1-2H3,(H,16,17). The van der Waals surface area contributed by atoms with Crippen LogP contribution in [0, 0.1) is 13.8 Å². The molecule has 0 spiro atoms. The Kier molecular flexibility index (Phi) is 3.02. The molecule has 0 aliphatic carbocycles. The van der Waals surface area contributed by atoms with Gasteiger partial charge in [-0.05, 0) is 37.6 Å². The van der Waals surface area contributed by atoms with Gasteiger partial charge in [0.2, 0.25) is 0 Å². The second-order valence-corrected chi connectivity index (χ2v) is 4.67. The van der Waals surface area contributed by atoms with E-state index in [0.717, 1.165) is 15.7 Å². The number of benzene rings is 1. The summed E-state index contributed by atoms with van der Waals surface area (Å²) in [6.45, 7) is 3.66. The Morgan fingerprint density at radius 1 is 1.41 bits per heavy atom. The lowest BCUT2D eigenvalue weighted by atomic mass is 10.2. The van der Waals surface area contributed by atoms with Gasteiger partial charge in [-0.3, -0.25) is 0 Å². The van der Waals surface area contributed by atoms with Gasteiger partial charge < -0.3 is 5.11 Å². The number of carboxylic acids is 1. The summed E-state index contributed by atoms with van der Waals surface area (Å²) in [5, 5.41) is 13.2. The first kappa shape index (κ1) is 11.9. The van der Waals surface area contributed by atoms with Crippen molar-refractivity contribution in [3.05, 3.63) is 45.7 Å². The van der Waals surface area contributed by atoms with Crippen molar-refractivity contribution in [3.8, 4) is 5.69 Å². The van der Waals surface area contributed by atoms with Crippen LogP contribution in [0.5, 0.6) is 0 Å². The molecule has 0 amide bonds. The molecule has 0 saturated heterocycles. The van der Waals surface area contributed by atoms with Crippen LogP contribution in [0.3, 0.4) is 0 Å². The molecular weight excluding hydrogens is 284 g/mol. The third-order valence-electron chi connectivity index (χ3n) is 2.54. The predicted octanol–water partition coefficient (Wildman–Crippen LogP) is 2.95. The number of hydrogen-bond donors (Lipinski definition) is 1. The zero-order valence-electron chi connectivity index (χ0n) is 9.44. The lowest BCUT2D eigenvalue weighted by Gasteiger charge is -2.03. The van der Waals surface area contributed by atoms with Gasteiger partial charge in [0.05, 0.1) is 11.4 Å². The van der Waals surface area contributed by atoms with E-state index in [0.29, 0.717) is 5.69 Å². The van der Waals surface area contributed by atoms with Crippen molar-refractivity contribution in [3.63, 3.8) is 0 Å². The van der Waals surface area contributed by atoms with Gasteiger partial charge in [0.1, 0.15) is 5.56 Å². The summed E-state index contributed by atoms with van der Waals surface area (Å²) in [6.07, 6.45) is 1.53. The third kappa shape index (κ3) is 2.24. The maximum absolute atomic E-state index is 10.9. The van der Waals surface area contributed by atoms with E-state index in [1.807, 2.05) is 25.1 Å².